The van der Waals surface area contributed by atoms with Crippen LogP contribution in [0, 0.1) is 6.92 Å². The molecule has 2 amide bonds. The summed E-state index contributed by atoms with van der Waals surface area (Å²) < 4.78 is 40.6. The highest BCUT2D eigenvalue weighted by Crippen LogP contribution is 2.14. The van der Waals surface area contributed by atoms with Crippen molar-refractivity contribution in [2.24, 2.45) is 0 Å². The number of alkyl halides is 3. The molecule has 1 rings (SSSR count). The zero-order chi connectivity index (χ0) is 16.9. The third-order valence-corrected chi connectivity index (χ3v) is 2.47. The van der Waals surface area contributed by atoms with Gasteiger partial charge in [-0.1, -0.05) is 0 Å². The van der Waals surface area contributed by atoms with Crippen LogP contribution in [0.4, 0.5) is 13.2 Å². The molecule has 22 heavy (non-hydrogen) atoms. The lowest BCUT2D eigenvalue weighted by Gasteiger charge is -2.08. The summed E-state index contributed by atoms with van der Waals surface area (Å²) in [5.41, 5.74) is -0.0628. The summed E-state index contributed by atoms with van der Waals surface area (Å²) in [5.74, 6) is -2.77. The molecule has 1 aromatic heterocycles. The Kier molecular flexibility index (Phi) is 5.55. The van der Waals surface area contributed by atoms with E-state index in [1.807, 2.05) is 0 Å². The van der Waals surface area contributed by atoms with Crippen molar-refractivity contribution in [2.75, 3.05) is 6.54 Å². The number of carboxylic acids is 1. The summed E-state index contributed by atoms with van der Waals surface area (Å²) in [4.78, 5) is 33.2. The summed E-state index contributed by atoms with van der Waals surface area (Å²) in [6.07, 6.45) is -5.33. The van der Waals surface area contributed by atoms with E-state index in [2.05, 4.69) is 5.32 Å². The van der Waals surface area contributed by atoms with Crippen molar-refractivity contribution in [3.05, 3.63) is 23.2 Å². The molecule has 0 radical (unpaired) electrons. The van der Waals surface area contributed by atoms with Gasteiger partial charge >= 0.3 is 12.1 Å². The summed E-state index contributed by atoms with van der Waals surface area (Å²) in [6.45, 7) is -0.267. The van der Waals surface area contributed by atoms with Crippen LogP contribution in [0.15, 0.2) is 10.5 Å². The molecule has 3 N–H and O–H groups in total. The Balaban J connectivity index is 2.41. The smallest absolute Gasteiger partial charge is 0.405 e. The first-order valence-corrected chi connectivity index (χ1v) is 6.01. The molecular weight excluding hydrogens is 309 g/mol. The fourth-order valence-electron chi connectivity index (χ4n) is 1.50. The topological polar surface area (TPSA) is 109 Å². The lowest BCUT2D eigenvalue weighted by atomic mass is 10.2. The van der Waals surface area contributed by atoms with Gasteiger partial charge in [-0.15, -0.1) is 0 Å². The van der Waals surface area contributed by atoms with Crippen LogP contribution in [-0.4, -0.2) is 35.6 Å². The van der Waals surface area contributed by atoms with Crippen molar-refractivity contribution in [2.45, 2.75) is 26.1 Å². The molecule has 0 unspecified atom stereocenters. The van der Waals surface area contributed by atoms with E-state index in [-0.39, 0.29) is 23.6 Å². The quantitative estimate of drug-likeness (QED) is 0.676. The molecule has 0 saturated carbocycles. The third kappa shape index (κ3) is 5.85. The number of rotatable bonds is 6. The molecule has 0 aliphatic rings. The highest BCUT2D eigenvalue weighted by molar-refractivity contribution is 5.96. The molecule has 10 heteroatoms. The number of aryl methyl sites for hydroxylation is 1. The first-order chi connectivity index (χ1) is 10.1. The number of aromatic carboxylic acids is 1. The maximum Gasteiger partial charge on any atom is 0.405 e. The van der Waals surface area contributed by atoms with Gasteiger partial charge in [0.05, 0.1) is 6.54 Å². The van der Waals surface area contributed by atoms with Crippen LogP contribution in [0.2, 0.25) is 0 Å². The predicted octanol–water partition coefficient (Wildman–Crippen LogP) is 0.971. The van der Waals surface area contributed by atoms with Crippen LogP contribution in [0.1, 0.15) is 28.3 Å². The molecular formula is C12H13F3N2O5. The van der Waals surface area contributed by atoms with Crippen molar-refractivity contribution in [3.8, 4) is 0 Å². The number of furan rings is 1. The van der Waals surface area contributed by atoms with E-state index in [0.29, 0.717) is 0 Å². The fraction of sp³-hybridized carbons (Fsp3) is 0.417. The molecule has 1 aromatic rings. The second kappa shape index (κ2) is 6.96. The standard InChI is InChI=1S/C12H13F3N2O5/c1-6-8(11(20)21)2-7(22-6)4-16-9(18)3-10(19)17-5-12(13,14)15/h2H,3-5H2,1H3,(H,16,18)(H,17,19)(H,20,21). The molecule has 0 aliphatic heterocycles. The van der Waals surface area contributed by atoms with Crippen LogP contribution in [0.3, 0.4) is 0 Å². The average Bonchev–Trinajstić information content (AvgIpc) is 2.75. The van der Waals surface area contributed by atoms with E-state index in [1.165, 1.54) is 13.0 Å². The molecule has 122 valence electrons. The molecule has 0 atom stereocenters. The molecule has 1 heterocycles. The first-order valence-electron chi connectivity index (χ1n) is 6.01. The Morgan fingerprint density at radius 3 is 2.32 bits per heavy atom. The van der Waals surface area contributed by atoms with Gasteiger partial charge in [-0.3, -0.25) is 9.59 Å². The first kappa shape index (κ1) is 17.5. The molecule has 0 aromatic carbocycles. The van der Waals surface area contributed by atoms with Crippen LogP contribution in [0.25, 0.3) is 0 Å². The summed E-state index contributed by atoms with van der Waals surface area (Å²) >= 11 is 0. The number of carboxylic acid groups (broad SMARTS) is 1. The second-order valence-electron chi connectivity index (χ2n) is 4.33. The maximum atomic E-state index is 11.9. The fourth-order valence-corrected chi connectivity index (χ4v) is 1.50. The highest BCUT2D eigenvalue weighted by atomic mass is 19.4. The lowest BCUT2D eigenvalue weighted by Crippen LogP contribution is -2.36. The Bertz CT molecular complexity index is 580. The van der Waals surface area contributed by atoms with Crippen molar-refractivity contribution in [1.82, 2.24) is 10.6 Å². The van der Waals surface area contributed by atoms with Gasteiger partial charge in [0.25, 0.3) is 0 Å². The van der Waals surface area contributed by atoms with E-state index in [9.17, 15) is 27.6 Å². The minimum atomic E-state index is -4.55. The van der Waals surface area contributed by atoms with Crippen molar-refractivity contribution < 1.29 is 37.1 Å². The Morgan fingerprint density at radius 2 is 1.82 bits per heavy atom. The minimum Gasteiger partial charge on any atom is -0.478 e. The number of amides is 2. The van der Waals surface area contributed by atoms with Gasteiger partial charge in [0.15, 0.2) is 0 Å². The minimum absolute atomic E-state index is 0.0628. The Morgan fingerprint density at radius 1 is 1.23 bits per heavy atom. The van der Waals surface area contributed by atoms with E-state index >= 15 is 0 Å². The van der Waals surface area contributed by atoms with E-state index in [4.69, 9.17) is 9.52 Å². The van der Waals surface area contributed by atoms with E-state index in [1.54, 1.807) is 5.32 Å². The highest BCUT2D eigenvalue weighted by Gasteiger charge is 2.28. The van der Waals surface area contributed by atoms with Gasteiger partial charge in [0, 0.05) is 0 Å². The number of halogens is 3. The van der Waals surface area contributed by atoms with Gasteiger partial charge in [0.2, 0.25) is 11.8 Å². The van der Waals surface area contributed by atoms with Crippen molar-refractivity contribution >= 4 is 17.8 Å². The number of carbonyl (C=O) groups excluding carboxylic acids is 2. The number of hydrogen-bond acceptors (Lipinski definition) is 4. The van der Waals surface area contributed by atoms with Crippen LogP contribution < -0.4 is 10.6 Å². The Labute approximate surface area is 122 Å². The second-order valence-corrected chi connectivity index (χ2v) is 4.33. The van der Waals surface area contributed by atoms with Gasteiger partial charge in [-0.25, -0.2) is 4.79 Å². The maximum absolute atomic E-state index is 11.9. The molecule has 0 fully saturated rings. The van der Waals surface area contributed by atoms with Gasteiger partial charge in [-0.05, 0) is 13.0 Å². The van der Waals surface area contributed by atoms with E-state index < -0.39 is 36.9 Å². The molecule has 0 spiro atoms. The van der Waals surface area contributed by atoms with Crippen molar-refractivity contribution in [1.29, 1.82) is 0 Å². The van der Waals surface area contributed by atoms with Gasteiger partial charge < -0.3 is 20.2 Å². The summed E-state index contributed by atoms with van der Waals surface area (Å²) in [6, 6.07) is 1.21. The van der Waals surface area contributed by atoms with Crippen molar-refractivity contribution in [3.63, 3.8) is 0 Å². The monoisotopic (exact) mass is 322 g/mol. The largest absolute Gasteiger partial charge is 0.478 e. The summed E-state index contributed by atoms with van der Waals surface area (Å²) in [7, 11) is 0. The number of hydrogen-bond donors (Lipinski definition) is 3. The third-order valence-electron chi connectivity index (χ3n) is 2.47. The van der Waals surface area contributed by atoms with Crippen LogP contribution in [-0.2, 0) is 16.1 Å². The molecule has 0 aliphatic carbocycles. The SMILES string of the molecule is Cc1oc(CNC(=O)CC(=O)NCC(F)(F)F)cc1C(=O)O. The summed E-state index contributed by atoms with van der Waals surface area (Å²) in [5, 5.41) is 12.6. The normalized spacial score (nSPS) is 11.1. The van der Waals surface area contributed by atoms with Gasteiger partial charge in [0.1, 0.15) is 30.0 Å². The average molecular weight is 322 g/mol. The zero-order valence-electron chi connectivity index (χ0n) is 11.4. The molecule has 0 bridgehead atoms. The van der Waals surface area contributed by atoms with Crippen LogP contribution in [0.5, 0.6) is 0 Å². The zero-order valence-corrected chi connectivity index (χ0v) is 11.4. The Hall–Kier alpha value is -2.52. The number of nitrogens with one attached hydrogen (secondary N) is 2. The molecule has 7 nitrogen and oxygen atoms in total. The van der Waals surface area contributed by atoms with Crippen LogP contribution >= 0.6 is 0 Å². The molecule has 0 saturated heterocycles. The number of carbonyl (C=O) groups is 3. The lowest BCUT2D eigenvalue weighted by molar-refractivity contribution is -0.140. The predicted molar refractivity (Wildman–Crippen MR) is 65.9 cm³/mol. The van der Waals surface area contributed by atoms with Gasteiger partial charge in [-0.2, -0.15) is 13.2 Å². The van der Waals surface area contributed by atoms with E-state index in [0.717, 1.165) is 0 Å².